The van der Waals surface area contributed by atoms with Gasteiger partial charge in [0.25, 0.3) is 0 Å². The Morgan fingerprint density at radius 1 is 1.00 bits per heavy atom. The van der Waals surface area contributed by atoms with Crippen LogP contribution in [0.25, 0.3) is 0 Å². The lowest BCUT2D eigenvalue weighted by Crippen LogP contribution is -2.18. The molecule has 0 saturated heterocycles. The standard InChI is InChI=1S/C16H15F2NO3S/c17-13-4-1-3-12(9-13)11-23(21,22)8-7-16(20)19-15-6-2-5-14(18)10-15/h1-6,9-10H,7-8,11H2,(H,19,20). The van der Waals surface area contributed by atoms with Gasteiger partial charge in [-0.3, -0.25) is 4.79 Å². The first-order chi connectivity index (χ1) is 10.8. The van der Waals surface area contributed by atoms with Crippen molar-refractivity contribution in [3.8, 4) is 0 Å². The molecular formula is C16H15F2NO3S. The van der Waals surface area contributed by atoms with E-state index in [-0.39, 0.29) is 23.6 Å². The van der Waals surface area contributed by atoms with Crippen molar-refractivity contribution in [1.82, 2.24) is 0 Å². The van der Waals surface area contributed by atoms with Gasteiger partial charge in [-0.25, -0.2) is 17.2 Å². The summed E-state index contributed by atoms with van der Waals surface area (Å²) in [7, 11) is -3.55. The molecule has 0 aliphatic heterocycles. The molecule has 0 aromatic heterocycles. The van der Waals surface area contributed by atoms with E-state index < -0.39 is 27.4 Å². The zero-order chi connectivity index (χ0) is 16.9. The largest absolute Gasteiger partial charge is 0.326 e. The second-order valence-corrected chi connectivity index (χ2v) is 7.21. The third kappa shape index (κ3) is 5.78. The smallest absolute Gasteiger partial charge is 0.225 e. The normalized spacial score (nSPS) is 11.2. The molecule has 0 fully saturated rings. The van der Waals surface area contributed by atoms with Gasteiger partial charge in [-0.05, 0) is 35.9 Å². The van der Waals surface area contributed by atoms with E-state index in [1.807, 2.05) is 0 Å². The Labute approximate surface area is 133 Å². The van der Waals surface area contributed by atoms with Gasteiger partial charge < -0.3 is 5.32 Å². The van der Waals surface area contributed by atoms with Crippen LogP contribution in [0.15, 0.2) is 48.5 Å². The molecule has 0 spiro atoms. The molecule has 1 amide bonds. The molecule has 0 bridgehead atoms. The van der Waals surface area contributed by atoms with Crippen molar-refractivity contribution in [2.45, 2.75) is 12.2 Å². The number of rotatable bonds is 6. The Morgan fingerprint density at radius 3 is 2.30 bits per heavy atom. The minimum Gasteiger partial charge on any atom is -0.326 e. The Bertz CT molecular complexity index is 806. The Balaban J connectivity index is 1.90. The first-order valence-corrected chi connectivity index (χ1v) is 8.66. The summed E-state index contributed by atoms with van der Waals surface area (Å²) in [6.45, 7) is 0. The van der Waals surface area contributed by atoms with Gasteiger partial charge in [-0.1, -0.05) is 18.2 Å². The molecule has 2 aromatic carbocycles. The molecular weight excluding hydrogens is 324 g/mol. The molecule has 0 unspecified atom stereocenters. The Kier molecular flexibility index (Phi) is 5.44. The van der Waals surface area contributed by atoms with Gasteiger partial charge in [-0.2, -0.15) is 0 Å². The monoisotopic (exact) mass is 339 g/mol. The highest BCUT2D eigenvalue weighted by Crippen LogP contribution is 2.12. The van der Waals surface area contributed by atoms with Crippen molar-refractivity contribution < 1.29 is 22.0 Å². The Morgan fingerprint density at radius 2 is 1.65 bits per heavy atom. The lowest BCUT2D eigenvalue weighted by molar-refractivity contribution is -0.115. The van der Waals surface area contributed by atoms with Gasteiger partial charge in [0, 0.05) is 12.1 Å². The van der Waals surface area contributed by atoms with E-state index in [1.165, 1.54) is 36.4 Å². The molecule has 0 heterocycles. The topological polar surface area (TPSA) is 63.2 Å². The molecule has 23 heavy (non-hydrogen) atoms. The highest BCUT2D eigenvalue weighted by atomic mass is 32.2. The van der Waals surface area contributed by atoms with Crippen molar-refractivity contribution in [2.24, 2.45) is 0 Å². The third-order valence-corrected chi connectivity index (χ3v) is 4.62. The fourth-order valence-corrected chi connectivity index (χ4v) is 3.32. The van der Waals surface area contributed by atoms with Crippen molar-refractivity contribution in [3.63, 3.8) is 0 Å². The first kappa shape index (κ1) is 17.1. The maximum atomic E-state index is 13.0. The number of hydrogen-bond acceptors (Lipinski definition) is 3. The van der Waals surface area contributed by atoms with Gasteiger partial charge in [0.2, 0.25) is 5.91 Å². The molecule has 0 atom stereocenters. The number of sulfone groups is 1. The fourth-order valence-electron chi connectivity index (χ4n) is 1.99. The van der Waals surface area contributed by atoms with Gasteiger partial charge >= 0.3 is 0 Å². The zero-order valence-corrected chi connectivity index (χ0v) is 12.9. The molecule has 0 radical (unpaired) electrons. The van der Waals surface area contributed by atoms with Crippen LogP contribution in [0.2, 0.25) is 0 Å². The van der Waals surface area contributed by atoms with Gasteiger partial charge in [0.1, 0.15) is 11.6 Å². The number of anilines is 1. The fraction of sp³-hybridized carbons (Fsp3) is 0.188. The summed E-state index contributed by atoms with van der Waals surface area (Å²) < 4.78 is 50.0. The quantitative estimate of drug-likeness (QED) is 0.880. The number of amides is 1. The van der Waals surface area contributed by atoms with E-state index in [1.54, 1.807) is 0 Å². The highest BCUT2D eigenvalue weighted by Gasteiger charge is 2.15. The highest BCUT2D eigenvalue weighted by molar-refractivity contribution is 7.90. The van der Waals surface area contributed by atoms with Crippen LogP contribution >= 0.6 is 0 Å². The molecule has 0 saturated carbocycles. The van der Waals surface area contributed by atoms with Crippen LogP contribution in [0.4, 0.5) is 14.5 Å². The third-order valence-electron chi connectivity index (χ3n) is 3.02. The first-order valence-electron chi connectivity index (χ1n) is 6.84. The van der Waals surface area contributed by atoms with Crippen molar-refractivity contribution in [1.29, 1.82) is 0 Å². The summed E-state index contributed by atoms with van der Waals surface area (Å²) in [6.07, 6.45) is -0.256. The van der Waals surface area contributed by atoms with E-state index >= 15 is 0 Å². The van der Waals surface area contributed by atoms with Gasteiger partial charge in [0.05, 0.1) is 11.5 Å². The second kappa shape index (κ2) is 7.32. The van der Waals surface area contributed by atoms with Crippen LogP contribution in [0.1, 0.15) is 12.0 Å². The van der Waals surface area contributed by atoms with E-state index in [2.05, 4.69) is 5.32 Å². The van der Waals surface area contributed by atoms with Gasteiger partial charge in [0.15, 0.2) is 9.84 Å². The maximum absolute atomic E-state index is 13.0. The average molecular weight is 339 g/mol. The lowest BCUT2D eigenvalue weighted by atomic mass is 10.2. The molecule has 7 heteroatoms. The van der Waals surface area contributed by atoms with Crippen LogP contribution < -0.4 is 5.32 Å². The number of hydrogen-bond donors (Lipinski definition) is 1. The molecule has 2 aromatic rings. The number of nitrogens with one attached hydrogen (secondary N) is 1. The zero-order valence-electron chi connectivity index (χ0n) is 12.1. The predicted octanol–water partition coefficient (Wildman–Crippen LogP) is 2.91. The molecule has 0 aliphatic rings. The lowest BCUT2D eigenvalue weighted by Gasteiger charge is -2.07. The van der Waals surface area contributed by atoms with Crippen molar-refractivity contribution >= 4 is 21.4 Å². The minimum absolute atomic E-state index is 0.256. The summed E-state index contributed by atoms with van der Waals surface area (Å²) in [5.41, 5.74) is 0.591. The number of carbonyl (C=O) groups excluding carboxylic acids is 1. The van der Waals surface area contributed by atoms with E-state index in [9.17, 15) is 22.0 Å². The SMILES string of the molecule is O=C(CCS(=O)(=O)Cc1cccc(F)c1)Nc1cccc(F)c1. The number of carbonyl (C=O) groups is 1. The average Bonchev–Trinajstić information content (AvgIpc) is 2.45. The molecule has 4 nitrogen and oxygen atoms in total. The number of benzene rings is 2. The van der Waals surface area contributed by atoms with Crippen molar-refractivity contribution in [2.75, 3.05) is 11.1 Å². The summed E-state index contributed by atoms with van der Waals surface area (Å²) in [5.74, 6) is -2.25. The van der Waals surface area contributed by atoms with Crippen LogP contribution in [0.5, 0.6) is 0 Å². The summed E-state index contributed by atoms with van der Waals surface area (Å²) in [4.78, 5) is 11.7. The summed E-state index contributed by atoms with van der Waals surface area (Å²) in [6, 6.07) is 10.6. The van der Waals surface area contributed by atoms with E-state index in [0.717, 1.165) is 12.1 Å². The number of halogens is 2. The van der Waals surface area contributed by atoms with Crippen molar-refractivity contribution in [3.05, 3.63) is 65.7 Å². The minimum atomic E-state index is -3.55. The van der Waals surface area contributed by atoms with Crippen LogP contribution in [0.3, 0.4) is 0 Å². The summed E-state index contributed by atoms with van der Waals surface area (Å²) in [5, 5.41) is 2.42. The Hall–Kier alpha value is -2.28. The van der Waals surface area contributed by atoms with Crippen LogP contribution in [0, 0.1) is 11.6 Å². The molecule has 1 N–H and O–H groups in total. The van der Waals surface area contributed by atoms with E-state index in [4.69, 9.17) is 0 Å². The predicted molar refractivity (Wildman–Crippen MR) is 83.5 cm³/mol. The molecule has 122 valence electrons. The molecule has 2 rings (SSSR count). The van der Waals surface area contributed by atoms with E-state index in [0.29, 0.717) is 5.56 Å². The van der Waals surface area contributed by atoms with Crippen LogP contribution in [-0.4, -0.2) is 20.1 Å². The maximum Gasteiger partial charge on any atom is 0.225 e. The second-order valence-electron chi connectivity index (χ2n) is 5.03. The molecule has 0 aliphatic carbocycles. The summed E-state index contributed by atoms with van der Waals surface area (Å²) >= 11 is 0. The van der Waals surface area contributed by atoms with Crippen LogP contribution in [-0.2, 0) is 20.4 Å². The van der Waals surface area contributed by atoms with Gasteiger partial charge in [-0.15, -0.1) is 0 Å².